The van der Waals surface area contributed by atoms with E-state index in [2.05, 4.69) is 39.0 Å². The monoisotopic (exact) mass is 192 g/mol. The molecule has 0 bridgehead atoms. The van der Waals surface area contributed by atoms with Crippen LogP contribution in [0.4, 0.5) is 0 Å². The van der Waals surface area contributed by atoms with Gasteiger partial charge >= 0.3 is 0 Å². The summed E-state index contributed by atoms with van der Waals surface area (Å²) in [5.74, 6) is 0. The maximum Gasteiger partial charge on any atom is 0.0885 e. The fourth-order valence-corrected chi connectivity index (χ4v) is 2.04. The van der Waals surface area contributed by atoms with Crippen LogP contribution < -0.4 is 0 Å². The van der Waals surface area contributed by atoms with E-state index < -0.39 is 0 Å². The topological polar surface area (TPSA) is 9.23 Å². The zero-order valence-corrected chi connectivity index (χ0v) is 9.85. The molecule has 0 unspecified atom stereocenters. The van der Waals surface area contributed by atoms with Crippen LogP contribution in [0.5, 0.6) is 0 Å². The Morgan fingerprint density at radius 2 is 1.86 bits per heavy atom. The summed E-state index contributed by atoms with van der Waals surface area (Å²) in [5, 5.41) is 0. The van der Waals surface area contributed by atoms with Crippen molar-refractivity contribution in [3.8, 4) is 0 Å². The van der Waals surface area contributed by atoms with Gasteiger partial charge in [-0.05, 0) is 37.5 Å². The molecule has 0 aliphatic carbocycles. The van der Waals surface area contributed by atoms with E-state index in [1.165, 1.54) is 16.7 Å². The van der Waals surface area contributed by atoms with Crippen LogP contribution in [0.2, 0.25) is 0 Å². The molecule has 78 valence electrons. The Bertz CT molecular complexity index is 313. The molecule has 1 aliphatic rings. The van der Waals surface area contributed by atoms with Crippen molar-refractivity contribution in [3.05, 3.63) is 34.9 Å². The van der Waals surface area contributed by atoms with Crippen molar-refractivity contribution in [2.24, 2.45) is 0 Å². The summed E-state index contributed by atoms with van der Waals surface area (Å²) in [4.78, 5) is 0. The lowest BCUT2D eigenvalue weighted by Gasteiger charge is -2.20. The van der Waals surface area contributed by atoms with Crippen molar-refractivity contribution in [3.63, 3.8) is 0 Å². The molecule has 14 heavy (non-hydrogen) atoms. The van der Waals surface area contributed by atoms with Gasteiger partial charge in [0, 0.05) is 0 Å². The first-order valence-corrected chi connectivity index (χ1v) is 5.34. The summed E-state index contributed by atoms with van der Waals surface area (Å²) in [6.07, 6.45) is 0. The first-order valence-electron chi connectivity index (χ1n) is 5.34. The van der Waals surface area contributed by atoms with Crippen molar-refractivity contribution in [2.45, 2.75) is 46.8 Å². The third kappa shape index (κ3) is 1.83. The van der Waals surface area contributed by atoms with E-state index >= 15 is 0 Å². The minimum absolute atomic E-state index is 0.0827. The van der Waals surface area contributed by atoms with Crippen LogP contribution in [-0.4, -0.2) is 0 Å². The second kappa shape index (κ2) is 4.14. The van der Waals surface area contributed by atoms with E-state index in [0.717, 1.165) is 6.61 Å². The molecule has 1 aromatic rings. The first-order chi connectivity index (χ1) is 6.61. The lowest BCUT2D eigenvalue weighted by atomic mass is 9.92. The van der Waals surface area contributed by atoms with E-state index in [4.69, 9.17) is 4.74 Å². The number of fused-ring (bicyclic) bond motifs is 1. The lowest BCUT2D eigenvalue weighted by Crippen LogP contribution is -2.15. The fraction of sp³-hybridized carbons (Fsp3) is 0.538. The Hall–Kier alpha value is -0.820. The number of hydrogen-bond donors (Lipinski definition) is 0. The van der Waals surface area contributed by atoms with Gasteiger partial charge in [0.2, 0.25) is 0 Å². The molecule has 0 N–H and O–H groups in total. The van der Waals surface area contributed by atoms with Crippen molar-refractivity contribution < 1.29 is 4.74 Å². The highest BCUT2D eigenvalue weighted by Crippen LogP contribution is 2.37. The van der Waals surface area contributed by atoms with Crippen molar-refractivity contribution >= 4 is 0 Å². The molecule has 0 atom stereocenters. The zero-order chi connectivity index (χ0) is 10.8. The number of aryl methyl sites for hydroxylation is 1. The average Bonchev–Trinajstić information content (AvgIpc) is 2.47. The van der Waals surface area contributed by atoms with Crippen LogP contribution in [0.25, 0.3) is 0 Å². The van der Waals surface area contributed by atoms with E-state index in [-0.39, 0.29) is 5.60 Å². The fourth-order valence-electron chi connectivity index (χ4n) is 2.04. The van der Waals surface area contributed by atoms with Crippen LogP contribution >= 0.6 is 0 Å². The van der Waals surface area contributed by atoms with Crippen molar-refractivity contribution in [1.29, 1.82) is 0 Å². The van der Waals surface area contributed by atoms with E-state index in [9.17, 15) is 0 Å². The molecule has 1 heteroatoms. The molecular formula is C13H20O. The van der Waals surface area contributed by atoms with Gasteiger partial charge in [0.25, 0.3) is 0 Å². The summed E-state index contributed by atoms with van der Waals surface area (Å²) in [5.41, 5.74) is 3.99. The van der Waals surface area contributed by atoms with Gasteiger partial charge in [-0.25, -0.2) is 0 Å². The maximum absolute atomic E-state index is 5.69. The van der Waals surface area contributed by atoms with Crippen molar-refractivity contribution in [2.75, 3.05) is 0 Å². The SMILES string of the molecule is CC.Cc1cccc2c1C(C)(C)OC2. The zero-order valence-electron chi connectivity index (χ0n) is 9.85. The molecule has 1 aromatic carbocycles. The summed E-state index contributed by atoms with van der Waals surface area (Å²) in [6.45, 7) is 11.2. The lowest BCUT2D eigenvalue weighted by molar-refractivity contribution is -0.00818. The molecular weight excluding hydrogens is 172 g/mol. The smallest absolute Gasteiger partial charge is 0.0885 e. The Morgan fingerprint density at radius 3 is 2.43 bits per heavy atom. The molecule has 0 fully saturated rings. The molecule has 0 radical (unpaired) electrons. The van der Waals surface area contributed by atoms with Crippen LogP contribution in [-0.2, 0) is 16.9 Å². The van der Waals surface area contributed by atoms with Crippen LogP contribution in [0.1, 0.15) is 44.4 Å². The minimum Gasteiger partial charge on any atom is -0.366 e. The quantitative estimate of drug-likeness (QED) is 0.607. The third-order valence-corrected chi connectivity index (χ3v) is 2.55. The second-order valence-corrected chi connectivity index (χ2v) is 3.91. The minimum atomic E-state index is -0.0827. The molecule has 0 aromatic heterocycles. The van der Waals surface area contributed by atoms with Crippen LogP contribution in [0.3, 0.4) is 0 Å². The summed E-state index contributed by atoms with van der Waals surface area (Å²) in [6, 6.07) is 6.39. The molecule has 0 saturated heterocycles. The standard InChI is InChI=1S/C11H14O.C2H6/c1-8-5-4-6-9-7-12-11(2,3)10(8)9;1-2/h4-6H,7H2,1-3H3;1-2H3. The van der Waals surface area contributed by atoms with Crippen LogP contribution in [0.15, 0.2) is 18.2 Å². The number of rotatable bonds is 0. The van der Waals surface area contributed by atoms with Gasteiger partial charge in [0.15, 0.2) is 0 Å². The van der Waals surface area contributed by atoms with Gasteiger partial charge in [0.1, 0.15) is 0 Å². The van der Waals surface area contributed by atoms with Gasteiger partial charge in [0.05, 0.1) is 12.2 Å². The van der Waals surface area contributed by atoms with Gasteiger partial charge < -0.3 is 4.74 Å². The van der Waals surface area contributed by atoms with E-state index in [0.29, 0.717) is 0 Å². The van der Waals surface area contributed by atoms with Gasteiger partial charge in [-0.3, -0.25) is 0 Å². The van der Waals surface area contributed by atoms with Gasteiger partial charge in [-0.15, -0.1) is 0 Å². The summed E-state index contributed by atoms with van der Waals surface area (Å²) in [7, 11) is 0. The Kier molecular flexibility index (Phi) is 3.33. The highest BCUT2D eigenvalue weighted by atomic mass is 16.5. The average molecular weight is 192 g/mol. The normalized spacial score (nSPS) is 16.9. The molecule has 1 heterocycles. The Morgan fingerprint density at radius 1 is 1.21 bits per heavy atom. The number of benzene rings is 1. The number of hydrogen-bond acceptors (Lipinski definition) is 1. The predicted molar refractivity (Wildman–Crippen MR) is 60.3 cm³/mol. The second-order valence-electron chi connectivity index (χ2n) is 3.91. The van der Waals surface area contributed by atoms with Gasteiger partial charge in [-0.1, -0.05) is 32.0 Å². The highest BCUT2D eigenvalue weighted by molar-refractivity contribution is 5.40. The predicted octanol–water partition coefficient (Wildman–Crippen LogP) is 3.79. The van der Waals surface area contributed by atoms with Crippen molar-refractivity contribution in [1.82, 2.24) is 0 Å². The summed E-state index contributed by atoms with van der Waals surface area (Å²) >= 11 is 0. The Labute approximate surface area is 87.1 Å². The highest BCUT2D eigenvalue weighted by Gasteiger charge is 2.31. The molecule has 1 aliphatic heterocycles. The molecule has 2 rings (SSSR count). The number of ether oxygens (including phenoxy) is 1. The Balaban J connectivity index is 0.000000461. The van der Waals surface area contributed by atoms with Crippen LogP contribution in [0, 0.1) is 6.92 Å². The first kappa shape index (κ1) is 11.3. The molecule has 0 amide bonds. The maximum atomic E-state index is 5.69. The largest absolute Gasteiger partial charge is 0.366 e. The van der Waals surface area contributed by atoms with E-state index in [1.807, 2.05) is 13.8 Å². The third-order valence-electron chi connectivity index (χ3n) is 2.55. The molecule has 0 spiro atoms. The molecule has 0 saturated carbocycles. The molecule has 1 nitrogen and oxygen atoms in total. The summed E-state index contributed by atoms with van der Waals surface area (Å²) < 4.78 is 5.69. The van der Waals surface area contributed by atoms with E-state index in [1.54, 1.807) is 0 Å². The van der Waals surface area contributed by atoms with Gasteiger partial charge in [-0.2, -0.15) is 0 Å².